The van der Waals surface area contributed by atoms with E-state index in [-0.39, 0.29) is 12.5 Å². The molecule has 4 heteroatoms. The maximum absolute atomic E-state index is 11.8. The van der Waals surface area contributed by atoms with Gasteiger partial charge in [-0.3, -0.25) is 4.79 Å². The minimum absolute atomic E-state index is 0.0350. The summed E-state index contributed by atoms with van der Waals surface area (Å²) in [6.45, 7) is 2.29. The van der Waals surface area contributed by atoms with E-state index < -0.39 is 0 Å². The summed E-state index contributed by atoms with van der Waals surface area (Å²) in [5, 5.41) is 2.77. The number of carbonyl (C=O) groups is 1. The highest BCUT2D eigenvalue weighted by molar-refractivity contribution is 5.91. The van der Waals surface area contributed by atoms with Gasteiger partial charge in [0.2, 0.25) is 0 Å². The molecule has 0 saturated heterocycles. The summed E-state index contributed by atoms with van der Waals surface area (Å²) < 4.78 is 5.60. The lowest BCUT2D eigenvalue weighted by Gasteiger charge is -2.13. The SMILES string of the molecule is Cc1cccc(CN)c1OCC(=O)Nc1ccccc1. The van der Waals surface area contributed by atoms with Gasteiger partial charge in [-0.25, -0.2) is 0 Å². The van der Waals surface area contributed by atoms with Crippen LogP contribution in [0.2, 0.25) is 0 Å². The van der Waals surface area contributed by atoms with E-state index in [0.717, 1.165) is 16.8 Å². The number of aryl methyl sites for hydroxylation is 1. The van der Waals surface area contributed by atoms with Crippen molar-refractivity contribution in [2.75, 3.05) is 11.9 Å². The fraction of sp³-hybridized carbons (Fsp3) is 0.188. The van der Waals surface area contributed by atoms with Crippen molar-refractivity contribution in [2.45, 2.75) is 13.5 Å². The van der Waals surface area contributed by atoms with Crippen LogP contribution in [0.15, 0.2) is 48.5 Å². The summed E-state index contributed by atoms with van der Waals surface area (Å²) in [7, 11) is 0. The van der Waals surface area contributed by atoms with Gasteiger partial charge in [0, 0.05) is 17.8 Å². The van der Waals surface area contributed by atoms with E-state index in [1.165, 1.54) is 0 Å². The lowest BCUT2D eigenvalue weighted by Crippen LogP contribution is -2.21. The molecule has 0 bridgehead atoms. The van der Waals surface area contributed by atoms with Gasteiger partial charge in [-0.15, -0.1) is 0 Å². The van der Waals surface area contributed by atoms with Gasteiger partial charge in [0.1, 0.15) is 5.75 Å². The van der Waals surface area contributed by atoms with Crippen molar-refractivity contribution in [1.82, 2.24) is 0 Å². The molecule has 2 rings (SSSR count). The molecular weight excluding hydrogens is 252 g/mol. The minimum atomic E-state index is -0.192. The standard InChI is InChI=1S/C16H18N2O2/c1-12-6-5-7-13(10-17)16(12)20-11-15(19)18-14-8-3-2-4-9-14/h2-9H,10-11,17H2,1H3,(H,18,19). The molecule has 1 amide bonds. The molecule has 0 spiro atoms. The Morgan fingerprint density at radius 3 is 2.60 bits per heavy atom. The van der Waals surface area contributed by atoms with Gasteiger partial charge in [-0.1, -0.05) is 36.4 Å². The average molecular weight is 270 g/mol. The third kappa shape index (κ3) is 3.59. The van der Waals surface area contributed by atoms with Crippen LogP contribution in [0.3, 0.4) is 0 Å². The van der Waals surface area contributed by atoms with E-state index in [4.69, 9.17) is 10.5 Å². The first-order valence-corrected chi connectivity index (χ1v) is 6.47. The molecule has 20 heavy (non-hydrogen) atoms. The van der Waals surface area contributed by atoms with Crippen LogP contribution in [0.5, 0.6) is 5.75 Å². The summed E-state index contributed by atoms with van der Waals surface area (Å²) >= 11 is 0. The third-order valence-corrected chi connectivity index (χ3v) is 2.92. The van der Waals surface area contributed by atoms with Gasteiger partial charge in [-0.2, -0.15) is 0 Å². The van der Waals surface area contributed by atoms with Gasteiger partial charge in [0.25, 0.3) is 5.91 Å². The Bertz CT molecular complexity index is 582. The predicted octanol–water partition coefficient (Wildman–Crippen LogP) is 2.47. The fourth-order valence-corrected chi connectivity index (χ4v) is 1.94. The lowest BCUT2D eigenvalue weighted by molar-refractivity contribution is -0.118. The summed E-state index contributed by atoms with van der Waals surface area (Å²) in [4.78, 5) is 11.8. The van der Waals surface area contributed by atoms with Gasteiger partial charge in [0.15, 0.2) is 6.61 Å². The number of amides is 1. The van der Waals surface area contributed by atoms with E-state index in [0.29, 0.717) is 12.3 Å². The normalized spacial score (nSPS) is 10.1. The van der Waals surface area contributed by atoms with Crippen LogP contribution in [-0.4, -0.2) is 12.5 Å². The second-order valence-corrected chi connectivity index (χ2v) is 4.47. The van der Waals surface area contributed by atoms with Gasteiger partial charge in [-0.05, 0) is 24.6 Å². The van der Waals surface area contributed by atoms with Crippen LogP contribution in [-0.2, 0) is 11.3 Å². The van der Waals surface area contributed by atoms with Crippen molar-refractivity contribution in [3.05, 3.63) is 59.7 Å². The molecule has 0 heterocycles. The average Bonchev–Trinajstić information content (AvgIpc) is 2.46. The van der Waals surface area contributed by atoms with Crippen molar-refractivity contribution in [1.29, 1.82) is 0 Å². The topological polar surface area (TPSA) is 64.3 Å². The van der Waals surface area contributed by atoms with Crippen LogP contribution in [0, 0.1) is 6.92 Å². The number of anilines is 1. The number of carbonyl (C=O) groups excluding carboxylic acids is 1. The molecule has 0 aliphatic carbocycles. The molecule has 0 saturated carbocycles. The first-order valence-electron chi connectivity index (χ1n) is 6.47. The molecular formula is C16H18N2O2. The quantitative estimate of drug-likeness (QED) is 0.877. The Morgan fingerprint density at radius 2 is 1.90 bits per heavy atom. The van der Waals surface area contributed by atoms with E-state index in [2.05, 4.69) is 5.32 Å². The maximum atomic E-state index is 11.8. The van der Waals surface area contributed by atoms with E-state index in [9.17, 15) is 4.79 Å². The molecule has 3 N–H and O–H groups in total. The molecule has 0 aromatic heterocycles. The Balaban J connectivity index is 1.97. The zero-order valence-electron chi connectivity index (χ0n) is 11.4. The number of benzene rings is 2. The molecule has 104 valence electrons. The second-order valence-electron chi connectivity index (χ2n) is 4.47. The number of nitrogens with one attached hydrogen (secondary N) is 1. The highest BCUT2D eigenvalue weighted by Crippen LogP contribution is 2.22. The highest BCUT2D eigenvalue weighted by atomic mass is 16.5. The van der Waals surface area contributed by atoms with Crippen LogP contribution in [0.1, 0.15) is 11.1 Å². The van der Waals surface area contributed by atoms with Crippen LogP contribution in [0.25, 0.3) is 0 Å². The third-order valence-electron chi connectivity index (χ3n) is 2.92. The highest BCUT2D eigenvalue weighted by Gasteiger charge is 2.08. The number of rotatable bonds is 5. The van der Waals surface area contributed by atoms with E-state index in [1.54, 1.807) is 0 Å². The zero-order valence-corrected chi connectivity index (χ0v) is 11.4. The van der Waals surface area contributed by atoms with Gasteiger partial charge in [0.05, 0.1) is 0 Å². The Kier molecular flexibility index (Phi) is 4.74. The fourth-order valence-electron chi connectivity index (χ4n) is 1.94. The molecule has 0 fully saturated rings. The number of hydrogen-bond acceptors (Lipinski definition) is 3. The van der Waals surface area contributed by atoms with Gasteiger partial charge < -0.3 is 15.8 Å². The van der Waals surface area contributed by atoms with Crippen LogP contribution in [0.4, 0.5) is 5.69 Å². The monoisotopic (exact) mass is 270 g/mol. The van der Waals surface area contributed by atoms with Gasteiger partial charge >= 0.3 is 0 Å². The van der Waals surface area contributed by atoms with Crippen molar-refractivity contribution in [3.63, 3.8) is 0 Å². The Morgan fingerprint density at radius 1 is 1.15 bits per heavy atom. The summed E-state index contributed by atoms with van der Waals surface area (Å²) in [6, 6.07) is 15.0. The molecule has 2 aromatic rings. The number of nitrogens with two attached hydrogens (primary N) is 1. The minimum Gasteiger partial charge on any atom is -0.483 e. The second kappa shape index (κ2) is 6.73. The van der Waals surface area contributed by atoms with E-state index >= 15 is 0 Å². The molecule has 0 aliphatic heterocycles. The molecule has 0 aliphatic rings. The smallest absolute Gasteiger partial charge is 0.262 e. The lowest BCUT2D eigenvalue weighted by atomic mass is 10.1. The van der Waals surface area contributed by atoms with E-state index in [1.807, 2.05) is 55.5 Å². The van der Waals surface area contributed by atoms with Crippen molar-refractivity contribution in [2.24, 2.45) is 5.73 Å². The number of hydrogen-bond donors (Lipinski definition) is 2. The largest absolute Gasteiger partial charge is 0.483 e. The Labute approximate surface area is 118 Å². The molecule has 0 radical (unpaired) electrons. The maximum Gasteiger partial charge on any atom is 0.262 e. The zero-order chi connectivity index (χ0) is 14.4. The Hall–Kier alpha value is -2.33. The van der Waals surface area contributed by atoms with Crippen molar-refractivity contribution < 1.29 is 9.53 Å². The predicted molar refractivity (Wildman–Crippen MR) is 79.6 cm³/mol. The first kappa shape index (κ1) is 14.1. The summed E-state index contributed by atoms with van der Waals surface area (Å²) in [5.41, 5.74) is 8.30. The molecule has 4 nitrogen and oxygen atoms in total. The van der Waals surface area contributed by atoms with Crippen molar-refractivity contribution >= 4 is 11.6 Å². The van der Waals surface area contributed by atoms with Crippen LogP contribution >= 0.6 is 0 Å². The number of ether oxygens (including phenoxy) is 1. The molecule has 0 unspecified atom stereocenters. The first-order chi connectivity index (χ1) is 9.70. The van der Waals surface area contributed by atoms with Crippen molar-refractivity contribution in [3.8, 4) is 5.75 Å². The molecule has 0 atom stereocenters. The summed E-state index contributed by atoms with van der Waals surface area (Å²) in [6.07, 6.45) is 0. The summed E-state index contributed by atoms with van der Waals surface area (Å²) in [5.74, 6) is 0.501. The van der Waals surface area contributed by atoms with Crippen LogP contribution < -0.4 is 15.8 Å². The molecule has 2 aromatic carbocycles. The number of para-hydroxylation sites is 2.